The molecule has 0 aliphatic carbocycles. The van der Waals surface area contributed by atoms with E-state index in [4.69, 9.17) is 18.9 Å². The molecule has 0 aromatic heterocycles. The fraction of sp³-hybridized carbons (Fsp3) is 0.350. The number of nitrogens with one attached hydrogen (secondary N) is 1. The van der Waals surface area contributed by atoms with E-state index in [9.17, 15) is 4.79 Å². The topological polar surface area (TPSA) is 66.0 Å². The van der Waals surface area contributed by atoms with Crippen molar-refractivity contribution in [2.75, 3.05) is 27.9 Å². The molecule has 0 fully saturated rings. The average molecular weight is 359 g/mol. The van der Waals surface area contributed by atoms with Crippen LogP contribution in [0.4, 0.5) is 0 Å². The second-order valence-electron chi connectivity index (χ2n) is 5.78. The van der Waals surface area contributed by atoms with Crippen LogP contribution in [0, 0.1) is 13.8 Å². The van der Waals surface area contributed by atoms with Crippen LogP contribution >= 0.6 is 0 Å². The van der Waals surface area contributed by atoms with E-state index in [0.717, 1.165) is 16.7 Å². The molecule has 2 aromatic carbocycles. The Morgan fingerprint density at radius 2 is 1.58 bits per heavy atom. The van der Waals surface area contributed by atoms with Crippen molar-refractivity contribution >= 4 is 5.91 Å². The third-order valence-corrected chi connectivity index (χ3v) is 4.18. The first kappa shape index (κ1) is 19.4. The van der Waals surface area contributed by atoms with Gasteiger partial charge in [-0.3, -0.25) is 4.79 Å². The molecule has 0 bridgehead atoms. The minimum Gasteiger partial charge on any atom is -0.496 e. The highest BCUT2D eigenvalue weighted by Gasteiger charge is 2.13. The summed E-state index contributed by atoms with van der Waals surface area (Å²) in [5.74, 6) is 2.24. The van der Waals surface area contributed by atoms with E-state index in [0.29, 0.717) is 29.5 Å². The molecule has 6 nitrogen and oxygen atoms in total. The van der Waals surface area contributed by atoms with Gasteiger partial charge in [0.05, 0.1) is 21.3 Å². The van der Waals surface area contributed by atoms with Crippen molar-refractivity contribution in [3.8, 4) is 23.0 Å². The summed E-state index contributed by atoms with van der Waals surface area (Å²) in [6, 6.07) is 9.28. The zero-order valence-electron chi connectivity index (χ0n) is 15.8. The van der Waals surface area contributed by atoms with Crippen LogP contribution in [0.1, 0.15) is 16.7 Å². The van der Waals surface area contributed by atoms with Crippen LogP contribution in [0.5, 0.6) is 23.0 Å². The van der Waals surface area contributed by atoms with E-state index in [1.54, 1.807) is 33.5 Å². The third kappa shape index (κ3) is 4.59. The first-order valence-corrected chi connectivity index (χ1v) is 8.24. The number of carbonyl (C=O) groups is 1. The third-order valence-electron chi connectivity index (χ3n) is 4.18. The molecule has 0 aliphatic heterocycles. The second-order valence-corrected chi connectivity index (χ2v) is 5.78. The smallest absolute Gasteiger partial charge is 0.258 e. The fourth-order valence-corrected chi connectivity index (χ4v) is 2.50. The molecule has 6 heteroatoms. The Morgan fingerprint density at radius 3 is 2.23 bits per heavy atom. The van der Waals surface area contributed by atoms with Gasteiger partial charge in [0.25, 0.3) is 5.91 Å². The van der Waals surface area contributed by atoms with Gasteiger partial charge >= 0.3 is 0 Å². The fourth-order valence-electron chi connectivity index (χ4n) is 2.50. The summed E-state index contributed by atoms with van der Waals surface area (Å²) >= 11 is 0. The molecular weight excluding hydrogens is 334 g/mol. The lowest BCUT2D eigenvalue weighted by Gasteiger charge is -2.15. The normalized spacial score (nSPS) is 10.2. The largest absolute Gasteiger partial charge is 0.496 e. The maximum atomic E-state index is 12.1. The molecule has 0 atom stereocenters. The highest BCUT2D eigenvalue weighted by Crippen LogP contribution is 2.34. The van der Waals surface area contributed by atoms with E-state index < -0.39 is 0 Å². The minimum absolute atomic E-state index is 0.0557. The Bertz CT molecular complexity index is 773. The number of benzene rings is 2. The summed E-state index contributed by atoms with van der Waals surface area (Å²) in [6.45, 7) is 4.21. The van der Waals surface area contributed by atoms with E-state index >= 15 is 0 Å². The lowest BCUT2D eigenvalue weighted by Crippen LogP contribution is -2.28. The number of methoxy groups -OCH3 is 3. The molecule has 2 rings (SSSR count). The van der Waals surface area contributed by atoms with Crippen molar-refractivity contribution in [1.82, 2.24) is 5.32 Å². The Balaban J connectivity index is 1.99. The van der Waals surface area contributed by atoms with Gasteiger partial charge in [-0.05, 0) is 37.1 Å². The maximum absolute atomic E-state index is 12.1. The lowest BCUT2D eigenvalue weighted by molar-refractivity contribution is -0.123. The predicted molar refractivity (Wildman–Crippen MR) is 99.4 cm³/mol. The quantitative estimate of drug-likeness (QED) is 0.785. The lowest BCUT2D eigenvalue weighted by atomic mass is 10.1. The SMILES string of the molecule is COc1cc(OC)c(OC)cc1CNC(=O)COc1cccc(C)c1C. The van der Waals surface area contributed by atoms with Gasteiger partial charge in [-0.15, -0.1) is 0 Å². The zero-order chi connectivity index (χ0) is 19.1. The predicted octanol–water partition coefficient (Wildman–Crippen LogP) is 3.02. The molecule has 1 N–H and O–H groups in total. The number of carbonyl (C=O) groups excluding carboxylic acids is 1. The van der Waals surface area contributed by atoms with Gasteiger partial charge in [0.15, 0.2) is 18.1 Å². The van der Waals surface area contributed by atoms with E-state index in [1.807, 2.05) is 32.0 Å². The molecule has 0 heterocycles. The van der Waals surface area contributed by atoms with Gasteiger partial charge in [0.2, 0.25) is 0 Å². The summed E-state index contributed by atoms with van der Waals surface area (Å²) in [5, 5.41) is 2.83. The van der Waals surface area contributed by atoms with Crippen LogP contribution in [0.15, 0.2) is 30.3 Å². The molecule has 0 saturated heterocycles. The van der Waals surface area contributed by atoms with Gasteiger partial charge in [-0.25, -0.2) is 0 Å². The van der Waals surface area contributed by atoms with Gasteiger partial charge in [-0.1, -0.05) is 12.1 Å². The van der Waals surface area contributed by atoms with Crippen LogP contribution < -0.4 is 24.3 Å². The molecule has 0 saturated carbocycles. The van der Waals surface area contributed by atoms with Crippen molar-refractivity contribution < 1.29 is 23.7 Å². The molecule has 1 amide bonds. The Labute approximate surface area is 154 Å². The van der Waals surface area contributed by atoms with E-state index in [2.05, 4.69) is 5.32 Å². The van der Waals surface area contributed by atoms with Gasteiger partial charge < -0.3 is 24.3 Å². The molecule has 0 unspecified atom stereocenters. The van der Waals surface area contributed by atoms with E-state index in [-0.39, 0.29) is 12.5 Å². The number of hydrogen-bond donors (Lipinski definition) is 1. The zero-order valence-corrected chi connectivity index (χ0v) is 15.8. The summed E-state index contributed by atoms with van der Waals surface area (Å²) in [4.78, 5) is 12.1. The number of rotatable bonds is 8. The van der Waals surface area contributed by atoms with Gasteiger partial charge in [0, 0.05) is 18.2 Å². The summed E-state index contributed by atoms with van der Waals surface area (Å²) in [5.41, 5.74) is 2.94. The number of hydrogen-bond acceptors (Lipinski definition) is 5. The number of ether oxygens (including phenoxy) is 4. The van der Waals surface area contributed by atoms with Gasteiger partial charge in [-0.2, -0.15) is 0 Å². The van der Waals surface area contributed by atoms with Crippen LogP contribution in [-0.2, 0) is 11.3 Å². The second kappa shape index (κ2) is 8.99. The van der Waals surface area contributed by atoms with Crippen LogP contribution in [0.25, 0.3) is 0 Å². The molecule has 26 heavy (non-hydrogen) atoms. The average Bonchev–Trinajstić information content (AvgIpc) is 2.66. The van der Waals surface area contributed by atoms with Crippen molar-refractivity contribution in [1.29, 1.82) is 0 Å². The molecule has 0 radical (unpaired) electrons. The Morgan fingerprint density at radius 1 is 0.923 bits per heavy atom. The molecule has 0 spiro atoms. The first-order chi connectivity index (χ1) is 12.5. The molecule has 2 aromatic rings. The van der Waals surface area contributed by atoms with E-state index in [1.165, 1.54) is 0 Å². The molecule has 0 aliphatic rings. The Hall–Kier alpha value is -2.89. The van der Waals surface area contributed by atoms with Crippen molar-refractivity contribution in [3.05, 3.63) is 47.0 Å². The van der Waals surface area contributed by atoms with Crippen molar-refractivity contribution in [2.24, 2.45) is 0 Å². The highest BCUT2D eigenvalue weighted by atomic mass is 16.5. The van der Waals surface area contributed by atoms with Crippen LogP contribution in [0.3, 0.4) is 0 Å². The van der Waals surface area contributed by atoms with Gasteiger partial charge in [0.1, 0.15) is 11.5 Å². The standard InChI is InChI=1S/C20H25NO5/c1-13-7-6-8-16(14(13)2)26-12-20(22)21-11-15-9-18(24-4)19(25-5)10-17(15)23-3/h6-10H,11-12H2,1-5H3,(H,21,22). The number of amides is 1. The monoisotopic (exact) mass is 359 g/mol. The number of aryl methyl sites for hydroxylation is 1. The summed E-state index contributed by atoms with van der Waals surface area (Å²) < 4.78 is 21.5. The highest BCUT2D eigenvalue weighted by molar-refractivity contribution is 5.77. The first-order valence-electron chi connectivity index (χ1n) is 8.24. The molecule has 140 valence electrons. The Kier molecular flexibility index (Phi) is 6.72. The summed E-state index contributed by atoms with van der Waals surface area (Å²) in [6.07, 6.45) is 0. The molecular formula is C20H25NO5. The minimum atomic E-state index is -0.220. The maximum Gasteiger partial charge on any atom is 0.258 e. The van der Waals surface area contributed by atoms with Crippen LogP contribution in [0.2, 0.25) is 0 Å². The van der Waals surface area contributed by atoms with Crippen LogP contribution in [-0.4, -0.2) is 33.8 Å². The van der Waals surface area contributed by atoms with Crippen molar-refractivity contribution in [3.63, 3.8) is 0 Å². The summed E-state index contributed by atoms with van der Waals surface area (Å²) in [7, 11) is 4.68. The van der Waals surface area contributed by atoms with Crippen molar-refractivity contribution in [2.45, 2.75) is 20.4 Å².